The van der Waals surface area contributed by atoms with Gasteiger partial charge in [0.05, 0.1) is 11.1 Å². The minimum atomic E-state index is -0.796. The molecule has 3 amide bonds. The number of halogens is 2. The van der Waals surface area contributed by atoms with E-state index in [1.165, 1.54) is 36.4 Å². The first kappa shape index (κ1) is 18.3. The lowest BCUT2D eigenvalue weighted by atomic mass is 9.78. The van der Waals surface area contributed by atoms with E-state index in [0.29, 0.717) is 12.8 Å². The number of hydrogen-bond donors (Lipinski definition) is 2. The van der Waals surface area contributed by atoms with Crippen molar-refractivity contribution in [3.63, 3.8) is 0 Å². The first-order valence-corrected chi connectivity index (χ1v) is 9.14. The highest BCUT2D eigenvalue weighted by Crippen LogP contribution is 2.42. The van der Waals surface area contributed by atoms with Crippen LogP contribution < -0.4 is 10.6 Å². The second-order valence-corrected chi connectivity index (χ2v) is 7.31. The van der Waals surface area contributed by atoms with Crippen LogP contribution in [0, 0.1) is 11.6 Å². The summed E-state index contributed by atoms with van der Waals surface area (Å²) in [5.74, 6) is -2.71. The largest absolute Gasteiger partial charge is 0.351 e. The third-order valence-electron chi connectivity index (χ3n) is 5.64. The van der Waals surface area contributed by atoms with Crippen molar-refractivity contribution >= 4 is 17.7 Å². The monoisotopic (exact) mass is 384 g/mol. The number of fused-ring (bicyclic) bond motifs is 1. The zero-order valence-electron chi connectivity index (χ0n) is 15.0. The summed E-state index contributed by atoms with van der Waals surface area (Å²) in [6.45, 7) is 0.0892. The molecular weight excluding hydrogens is 366 g/mol. The van der Waals surface area contributed by atoms with E-state index in [-0.39, 0.29) is 28.8 Å². The molecule has 4 rings (SSSR count). The van der Waals surface area contributed by atoms with Gasteiger partial charge in [0.2, 0.25) is 0 Å². The van der Waals surface area contributed by atoms with Crippen molar-refractivity contribution < 1.29 is 23.2 Å². The van der Waals surface area contributed by atoms with E-state index in [1.54, 1.807) is 0 Å². The van der Waals surface area contributed by atoms with Crippen LogP contribution in [0.15, 0.2) is 36.4 Å². The third-order valence-corrected chi connectivity index (χ3v) is 5.64. The molecule has 28 heavy (non-hydrogen) atoms. The molecular formula is C21H18F2N2O3. The molecule has 2 aliphatic rings. The highest BCUT2D eigenvalue weighted by Gasteiger charge is 2.40. The van der Waals surface area contributed by atoms with Crippen molar-refractivity contribution in [3.8, 4) is 0 Å². The Labute approximate surface area is 160 Å². The number of imide groups is 1. The van der Waals surface area contributed by atoms with Gasteiger partial charge in [0.15, 0.2) is 0 Å². The van der Waals surface area contributed by atoms with Crippen LogP contribution in [0.25, 0.3) is 0 Å². The first-order valence-electron chi connectivity index (χ1n) is 9.14. The predicted molar refractivity (Wildman–Crippen MR) is 97.1 cm³/mol. The summed E-state index contributed by atoms with van der Waals surface area (Å²) in [5, 5.41) is 4.94. The van der Waals surface area contributed by atoms with Crippen molar-refractivity contribution in [1.29, 1.82) is 0 Å². The summed E-state index contributed by atoms with van der Waals surface area (Å²) < 4.78 is 28.8. The van der Waals surface area contributed by atoms with Crippen LogP contribution in [0.3, 0.4) is 0 Å². The van der Waals surface area contributed by atoms with Crippen molar-refractivity contribution in [1.82, 2.24) is 10.6 Å². The molecule has 1 heterocycles. The second-order valence-electron chi connectivity index (χ2n) is 7.31. The molecule has 0 unspecified atom stereocenters. The summed E-state index contributed by atoms with van der Waals surface area (Å²) in [5.41, 5.74) is -0.192. The summed E-state index contributed by atoms with van der Waals surface area (Å²) in [7, 11) is 0. The van der Waals surface area contributed by atoms with E-state index in [0.717, 1.165) is 12.8 Å². The fraction of sp³-hybridized carbons (Fsp3) is 0.286. The molecule has 0 aromatic heterocycles. The third kappa shape index (κ3) is 2.96. The molecule has 1 fully saturated rings. The van der Waals surface area contributed by atoms with E-state index in [9.17, 15) is 23.2 Å². The molecule has 0 radical (unpaired) electrons. The highest BCUT2D eigenvalue weighted by atomic mass is 19.1. The lowest BCUT2D eigenvalue weighted by molar-refractivity contribution is 0.0878. The zero-order valence-corrected chi connectivity index (χ0v) is 15.0. The fourth-order valence-corrected chi connectivity index (χ4v) is 4.23. The van der Waals surface area contributed by atoms with Gasteiger partial charge >= 0.3 is 0 Å². The number of rotatable bonds is 4. The molecule has 0 bridgehead atoms. The Morgan fingerprint density at radius 3 is 2.32 bits per heavy atom. The van der Waals surface area contributed by atoms with Gasteiger partial charge in [-0.25, -0.2) is 8.78 Å². The van der Waals surface area contributed by atoms with E-state index in [1.807, 2.05) is 0 Å². The Kier molecular flexibility index (Phi) is 4.45. The maximum Gasteiger partial charge on any atom is 0.258 e. The summed E-state index contributed by atoms with van der Waals surface area (Å²) in [6.07, 6.45) is 2.80. The van der Waals surface area contributed by atoms with E-state index in [4.69, 9.17) is 0 Å². The number of carbonyl (C=O) groups is 3. The van der Waals surface area contributed by atoms with Gasteiger partial charge in [0.1, 0.15) is 11.6 Å². The molecule has 1 saturated carbocycles. The molecule has 0 saturated heterocycles. The minimum Gasteiger partial charge on any atom is -0.351 e. The Balaban J connectivity index is 1.58. The van der Waals surface area contributed by atoms with Gasteiger partial charge in [-0.3, -0.25) is 19.7 Å². The quantitative estimate of drug-likeness (QED) is 0.796. The number of hydrogen-bond acceptors (Lipinski definition) is 3. The molecule has 0 atom stereocenters. The van der Waals surface area contributed by atoms with Crippen molar-refractivity contribution in [2.45, 2.75) is 31.1 Å². The SMILES string of the molecule is O=C(NCC1(c2c(F)cccc2F)CCCC1)c1ccc2c(c1)C(=O)NC2=O. The maximum absolute atomic E-state index is 14.4. The first-order chi connectivity index (χ1) is 13.4. The van der Waals surface area contributed by atoms with Gasteiger partial charge in [-0.2, -0.15) is 0 Å². The standard InChI is InChI=1S/C21H18F2N2O3/c22-15-4-3-5-16(23)17(15)21(8-1-2-9-21)11-24-18(26)12-6-7-13-14(10-12)20(28)25-19(13)27/h3-7,10H,1-2,8-9,11H2,(H,24,26)(H,25,27,28). The van der Waals surface area contributed by atoms with Crippen molar-refractivity contribution in [3.05, 3.63) is 70.3 Å². The van der Waals surface area contributed by atoms with Gasteiger partial charge < -0.3 is 5.32 Å². The number of benzene rings is 2. The molecule has 144 valence electrons. The van der Waals surface area contributed by atoms with Crippen LogP contribution in [0.2, 0.25) is 0 Å². The average molecular weight is 384 g/mol. The van der Waals surface area contributed by atoms with Gasteiger partial charge in [-0.15, -0.1) is 0 Å². The Morgan fingerprint density at radius 2 is 1.64 bits per heavy atom. The summed E-state index contributed by atoms with van der Waals surface area (Å²) in [6, 6.07) is 8.03. The Bertz CT molecular complexity index is 977. The second kappa shape index (κ2) is 6.82. The lowest BCUT2D eigenvalue weighted by Gasteiger charge is -2.30. The molecule has 1 aliphatic heterocycles. The van der Waals surface area contributed by atoms with E-state index < -0.39 is 34.8 Å². The number of carbonyl (C=O) groups excluding carboxylic acids is 3. The van der Waals surface area contributed by atoms with Gasteiger partial charge in [0.25, 0.3) is 17.7 Å². The zero-order chi connectivity index (χ0) is 19.9. The Morgan fingerprint density at radius 1 is 1.00 bits per heavy atom. The predicted octanol–water partition coefficient (Wildman–Crippen LogP) is 3.09. The molecule has 2 aromatic rings. The van der Waals surface area contributed by atoms with Crippen LogP contribution in [0.1, 0.15) is 62.3 Å². The van der Waals surface area contributed by atoms with Gasteiger partial charge in [-0.05, 0) is 43.2 Å². The summed E-state index contributed by atoms with van der Waals surface area (Å²) >= 11 is 0. The van der Waals surface area contributed by atoms with Gasteiger partial charge in [0, 0.05) is 23.1 Å². The molecule has 7 heteroatoms. The topological polar surface area (TPSA) is 75.3 Å². The number of amides is 3. The van der Waals surface area contributed by atoms with Crippen LogP contribution >= 0.6 is 0 Å². The van der Waals surface area contributed by atoms with Crippen molar-refractivity contribution in [2.24, 2.45) is 0 Å². The molecule has 2 aromatic carbocycles. The minimum absolute atomic E-state index is 0.0201. The van der Waals surface area contributed by atoms with Crippen LogP contribution in [0.5, 0.6) is 0 Å². The fourth-order valence-electron chi connectivity index (χ4n) is 4.23. The van der Waals surface area contributed by atoms with Crippen molar-refractivity contribution in [2.75, 3.05) is 6.54 Å². The summed E-state index contributed by atoms with van der Waals surface area (Å²) in [4.78, 5) is 36.0. The Hall–Kier alpha value is -3.09. The van der Waals surface area contributed by atoms with Crippen LogP contribution in [0.4, 0.5) is 8.78 Å². The van der Waals surface area contributed by atoms with Gasteiger partial charge in [-0.1, -0.05) is 18.9 Å². The highest BCUT2D eigenvalue weighted by molar-refractivity contribution is 6.22. The molecule has 0 spiro atoms. The van der Waals surface area contributed by atoms with Crippen LogP contribution in [-0.4, -0.2) is 24.3 Å². The van der Waals surface area contributed by atoms with Crippen LogP contribution in [-0.2, 0) is 5.41 Å². The normalized spacial score (nSPS) is 17.4. The maximum atomic E-state index is 14.4. The van der Waals surface area contributed by atoms with E-state index >= 15 is 0 Å². The molecule has 5 nitrogen and oxygen atoms in total. The smallest absolute Gasteiger partial charge is 0.258 e. The van der Waals surface area contributed by atoms with E-state index in [2.05, 4.69) is 10.6 Å². The lowest BCUT2D eigenvalue weighted by Crippen LogP contribution is -2.40. The molecule has 1 aliphatic carbocycles. The number of nitrogens with one attached hydrogen (secondary N) is 2. The molecule has 2 N–H and O–H groups in total. The average Bonchev–Trinajstić information content (AvgIpc) is 3.25.